The monoisotopic (exact) mass is 417 g/mol. The topological polar surface area (TPSA) is 105 Å². The van der Waals surface area contributed by atoms with Crippen LogP contribution in [0.1, 0.15) is 10.6 Å². The van der Waals surface area contributed by atoms with Crippen molar-refractivity contribution in [2.75, 3.05) is 12.8 Å². The molecule has 2 aromatic heterocycles. The molecule has 1 amide bonds. The Kier molecular flexibility index (Phi) is 5.32. The van der Waals surface area contributed by atoms with Crippen LogP contribution in [0.5, 0.6) is 0 Å². The number of nitrogens with zero attached hydrogens (tertiary/aromatic N) is 1. The number of benzene rings is 2. The van der Waals surface area contributed by atoms with Gasteiger partial charge in [-0.3, -0.25) is 15.6 Å². The maximum absolute atomic E-state index is 12.6. The standard InChI is InChI=1S/C22H19N5O2S/c1-24-22(30)27-26-20(28)19-18(23)17-15(13-8-4-2-5-9-13)12-16(25-21(17)29-19)14-10-6-3-7-11-14/h2-12H,23H2,1H3,(H,26,28)(H2,24,27,30). The van der Waals surface area contributed by atoms with E-state index in [1.807, 2.05) is 66.7 Å². The third-order valence-corrected chi connectivity index (χ3v) is 4.88. The van der Waals surface area contributed by atoms with Crippen molar-refractivity contribution < 1.29 is 9.21 Å². The Morgan fingerprint density at radius 3 is 2.27 bits per heavy atom. The molecular weight excluding hydrogens is 398 g/mol. The lowest BCUT2D eigenvalue weighted by Crippen LogP contribution is -2.45. The van der Waals surface area contributed by atoms with Gasteiger partial charge < -0.3 is 15.5 Å². The quantitative estimate of drug-likeness (QED) is 0.299. The van der Waals surface area contributed by atoms with Crippen LogP contribution in [0.4, 0.5) is 5.69 Å². The van der Waals surface area contributed by atoms with E-state index in [2.05, 4.69) is 21.2 Å². The Balaban J connectivity index is 1.87. The SMILES string of the molecule is CNC(=S)NNC(=O)c1oc2nc(-c3ccccc3)cc(-c3ccccc3)c2c1N. The van der Waals surface area contributed by atoms with Gasteiger partial charge in [-0.1, -0.05) is 60.7 Å². The van der Waals surface area contributed by atoms with Crippen LogP contribution in [0.3, 0.4) is 0 Å². The molecule has 0 fully saturated rings. The molecule has 0 saturated carbocycles. The van der Waals surface area contributed by atoms with Gasteiger partial charge in [-0.05, 0) is 29.4 Å². The van der Waals surface area contributed by atoms with E-state index in [0.29, 0.717) is 5.39 Å². The van der Waals surface area contributed by atoms with E-state index in [0.717, 1.165) is 22.4 Å². The number of nitrogens with two attached hydrogens (primary N) is 1. The van der Waals surface area contributed by atoms with E-state index in [1.165, 1.54) is 0 Å². The van der Waals surface area contributed by atoms with Crippen molar-refractivity contribution in [3.8, 4) is 22.4 Å². The highest BCUT2D eigenvalue weighted by Gasteiger charge is 2.23. The first kappa shape index (κ1) is 19.4. The van der Waals surface area contributed by atoms with Crippen molar-refractivity contribution in [2.45, 2.75) is 0 Å². The van der Waals surface area contributed by atoms with Crippen molar-refractivity contribution in [3.05, 3.63) is 72.5 Å². The van der Waals surface area contributed by atoms with Gasteiger partial charge in [0.2, 0.25) is 11.5 Å². The Bertz CT molecular complexity index is 1220. The van der Waals surface area contributed by atoms with E-state index < -0.39 is 5.91 Å². The number of aromatic nitrogens is 1. The fourth-order valence-corrected chi connectivity index (χ4v) is 3.18. The summed E-state index contributed by atoms with van der Waals surface area (Å²) in [5.74, 6) is -0.588. The van der Waals surface area contributed by atoms with Crippen molar-refractivity contribution in [3.63, 3.8) is 0 Å². The number of thiocarbonyl (C=S) groups is 1. The normalized spacial score (nSPS) is 10.6. The van der Waals surface area contributed by atoms with Gasteiger partial charge in [-0.25, -0.2) is 4.98 Å². The summed E-state index contributed by atoms with van der Waals surface area (Å²) >= 11 is 4.97. The van der Waals surface area contributed by atoms with Gasteiger partial charge in [-0.2, -0.15) is 0 Å². The van der Waals surface area contributed by atoms with Crippen LogP contribution in [0, 0.1) is 0 Å². The van der Waals surface area contributed by atoms with Crippen LogP contribution in [-0.2, 0) is 0 Å². The summed E-state index contributed by atoms with van der Waals surface area (Å²) in [4.78, 5) is 17.2. The van der Waals surface area contributed by atoms with E-state index >= 15 is 0 Å². The number of pyridine rings is 1. The molecule has 4 rings (SSSR count). The van der Waals surface area contributed by atoms with Crippen LogP contribution < -0.4 is 21.9 Å². The fraction of sp³-hybridized carbons (Fsp3) is 0.0455. The molecule has 150 valence electrons. The number of nitrogens with one attached hydrogen (secondary N) is 3. The molecule has 0 aliphatic heterocycles. The van der Waals surface area contributed by atoms with Crippen LogP contribution >= 0.6 is 12.2 Å². The first-order chi connectivity index (χ1) is 14.6. The summed E-state index contributed by atoms with van der Waals surface area (Å²) in [5, 5.41) is 3.54. The lowest BCUT2D eigenvalue weighted by atomic mass is 9.99. The summed E-state index contributed by atoms with van der Waals surface area (Å²) in [5.41, 5.74) is 15.3. The first-order valence-corrected chi connectivity index (χ1v) is 9.61. The van der Waals surface area contributed by atoms with Crippen LogP contribution in [-0.4, -0.2) is 23.1 Å². The van der Waals surface area contributed by atoms with Crippen molar-refractivity contribution in [1.82, 2.24) is 21.2 Å². The predicted molar refractivity (Wildman–Crippen MR) is 122 cm³/mol. The number of fused-ring (bicyclic) bond motifs is 1. The van der Waals surface area contributed by atoms with Gasteiger partial charge in [0.25, 0.3) is 0 Å². The molecule has 0 saturated heterocycles. The van der Waals surface area contributed by atoms with Crippen LogP contribution in [0.15, 0.2) is 71.1 Å². The number of nitrogen functional groups attached to an aromatic ring is 1. The van der Waals surface area contributed by atoms with Gasteiger partial charge in [0.1, 0.15) is 0 Å². The molecule has 0 unspecified atom stereocenters. The molecule has 0 bridgehead atoms. The fourth-order valence-electron chi connectivity index (χ4n) is 3.12. The molecule has 0 spiro atoms. The van der Waals surface area contributed by atoms with Gasteiger partial charge in [-0.15, -0.1) is 0 Å². The number of carbonyl (C=O) groups is 1. The average Bonchev–Trinajstić information content (AvgIpc) is 3.14. The lowest BCUT2D eigenvalue weighted by Gasteiger charge is -2.08. The zero-order valence-corrected chi connectivity index (χ0v) is 16.9. The molecule has 8 heteroatoms. The highest BCUT2D eigenvalue weighted by Crippen LogP contribution is 2.38. The first-order valence-electron chi connectivity index (χ1n) is 9.20. The number of amides is 1. The summed E-state index contributed by atoms with van der Waals surface area (Å²) in [6.07, 6.45) is 0. The van der Waals surface area contributed by atoms with Crippen LogP contribution in [0.2, 0.25) is 0 Å². The number of carbonyl (C=O) groups excluding carboxylic acids is 1. The number of hydrazine groups is 1. The molecule has 0 radical (unpaired) electrons. The molecule has 0 aliphatic rings. The second-order valence-corrected chi connectivity index (χ2v) is 6.88. The molecule has 4 aromatic rings. The van der Waals surface area contributed by atoms with Gasteiger partial charge in [0.05, 0.1) is 16.8 Å². The molecule has 5 N–H and O–H groups in total. The summed E-state index contributed by atoms with van der Waals surface area (Å²) in [6.45, 7) is 0. The van der Waals surface area contributed by atoms with Crippen LogP contribution in [0.25, 0.3) is 33.5 Å². The highest BCUT2D eigenvalue weighted by atomic mass is 32.1. The minimum Gasteiger partial charge on any atom is -0.430 e. The summed E-state index contributed by atoms with van der Waals surface area (Å²) in [7, 11) is 1.64. The predicted octanol–water partition coefficient (Wildman–Crippen LogP) is 3.48. The van der Waals surface area contributed by atoms with Gasteiger partial charge in [0.15, 0.2) is 5.11 Å². The summed E-state index contributed by atoms with van der Waals surface area (Å²) in [6, 6.07) is 21.5. The van der Waals surface area contributed by atoms with E-state index in [4.69, 9.17) is 22.4 Å². The van der Waals surface area contributed by atoms with Gasteiger partial charge in [0, 0.05) is 12.6 Å². The third kappa shape index (κ3) is 3.68. The molecular formula is C22H19N5O2S. The summed E-state index contributed by atoms with van der Waals surface area (Å²) < 4.78 is 5.80. The van der Waals surface area contributed by atoms with E-state index in [-0.39, 0.29) is 22.3 Å². The van der Waals surface area contributed by atoms with E-state index in [1.54, 1.807) is 7.05 Å². The minimum absolute atomic E-state index is 0.0358. The average molecular weight is 417 g/mol. The smallest absolute Gasteiger partial charge is 0.307 e. The Hall–Kier alpha value is -3.91. The molecule has 0 atom stereocenters. The highest BCUT2D eigenvalue weighted by molar-refractivity contribution is 7.80. The minimum atomic E-state index is -0.552. The van der Waals surface area contributed by atoms with E-state index in [9.17, 15) is 4.79 Å². The maximum atomic E-state index is 12.6. The molecule has 30 heavy (non-hydrogen) atoms. The molecule has 2 heterocycles. The number of hydrogen-bond donors (Lipinski definition) is 4. The number of furan rings is 1. The zero-order chi connectivity index (χ0) is 21.1. The Morgan fingerprint density at radius 2 is 1.63 bits per heavy atom. The van der Waals surface area contributed by atoms with Crippen molar-refractivity contribution >= 4 is 40.0 Å². The maximum Gasteiger partial charge on any atom is 0.307 e. The van der Waals surface area contributed by atoms with Gasteiger partial charge >= 0.3 is 5.91 Å². The number of rotatable bonds is 3. The number of hydrogen-bond acceptors (Lipinski definition) is 5. The largest absolute Gasteiger partial charge is 0.430 e. The van der Waals surface area contributed by atoms with Crippen molar-refractivity contribution in [2.24, 2.45) is 0 Å². The lowest BCUT2D eigenvalue weighted by molar-refractivity contribution is 0.0919. The Labute approximate surface area is 178 Å². The third-order valence-electron chi connectivity index (χ3n) is 4.58. The Morgan fingerprint density at radius 1 is 1.00 bits per heavy atom. The van der Waals surface area contributed by atoms with Crippen molar-refractivity contribution in [1.29, 1.82) is 0 Å². The molecule has 7 nitrogen and oxygen atoms in total. The number of anilines is 1. The second-order valence-electron chi connectivity index (χ2n) is 6.47. The zero-order valence-electron chi connectivity index (χ0n) is 16.1. The molecule has 2 aromatic carbocycles. The second kappa shape index (κ2) is 8.22. The molecule has 0 aliphatic carbocycles.